The Morgan fingerprint density at radius 2 is 2.44 bits per heavy atom. The molecule has 16 heavy (non-hydrogen) atoms. The molecule has 2 rings (SSSR count). The van der Waals surface area contributed by atoms with E-state index in [1.54, 1.807) is 11.0 Å². The first kappa shape index (κ1) is 11.0. The standard InChI is InChI=1S/C8H13N7S/c1-6(3-15-5-10-4-12-15)11-2-7-13-14-8(9)16-7/h4-6,11H,2-3H2,1H3,(H2,9,14). The number of hydrogen-bond acceptors (Lipinski definition) is 7. The third-order valence-electron chi connectivity index (χ3n) is 2.01. The highest BCUT2D eigenvalue weighted by Crippen LogP contribution is 2.10. The second-order valence-corrected chi connectivity index (χ2v) is 4.53. The van der Waals surface area contributed by atoms with E-state index in [4.69, 9.17) is 5.73 Å². The molecule has 1 atom stereocenters. The maximum Gasteiger partial charge on any atom is 0.203 e. The van der Waals surface area contributed by atoms with Crippen molar-refractivity contribution in [3.63, 3.8) is 0 Å². The molecule has 0 aromatic carbocycles. The predicted molar refractivity (Wildman–Crippen MR) is 60.6 cm³/mol. The Hall–Kier alpha value is -1.54. The summed E-state index contributed by atoms with van der Waals surface area (Å²) in [7, 11) is 0. The van der Waals surface area contributed by atoms with E-state index in [2.05, 4.69) is 32.5 Å². The van der Waals surface area contributed by atoms with Gasteiger partial charge in [-0.1, -0.05) is 11.3 Å². The normalized spacial score (nSPS) is 12.8. The second-order valence-electron chi connectivity index (χ2n) is 3.43. The average Bonchev–Trinajstić information content (AvgIpc) is 2.87. The fourth-order valence-electron chi connectivity index (χ4n) is 1.27. The number of aromatic nitrogens is 5. The summed E-state index contributed by atoms with van der Waals surface area (Å²) in [4.78, 5) is 3.88. The highest BCUT2D eigenvalue weighted by molar-refractivity contribution is 7.15. The largest absolute Gasteiger partial charge is 0.374 e. The van der Waals surface area contributed by atoms with Crippen LogP contribution in [0.2, 0.25) is 0 Å². The highest BCUT2D eigenvalue weighted by atomic mass is 32.1. The van der Waals surface area contributed by atoms with Gasteiger partial charge in [0.1, 0.15) is 17.7 Å². The van der Waals surface area contributed by atoms with Gasteiger partial charge >= 0.3 is 0 Å². The van der Waals surface area contributed by atoms with Crippen molar-refractivity contribution in [2.24, 2.45) is 0 Å². The van der Waals surface area contributed by atoms with Crippen LogP contribution in [0.25, 0.3) is 0 Å². The van der Waals surface area contributed by atoms with E-state index in [9.17, 15) is 0 Å². The molecule has 7 nitrogen and oxygen atoms in total. The van der Waals surface area contributed by atoms with E-state index in [0.717, 1.165) is 11.6 Å². The Morgan fingerprint density at radius 1 is 1.56 bits per heavy atom. The summed E-state index contributed by atoms with van der Waals surface area (Å²) in [5.74, 6) is 0. The zero-order valence-electron chi connectivity index (χ0n) is 8.87. The maximum absolute atomic E-state index is 5.49. The van der Waals surface area contributed by atoms with Gasteiger partial charge in [-0.3, -0.25) is 4.68 Å². The van der Waals surface area contributed by atoms with E-state index < -0.39 is 0 Å². The van der Waals surface area contributed by atoms with E-state index >= 15 is 0 Å². The number of nitrogen functional groups attached to an aromatic ring is 1. The quantitative estimate of drug-likeness (QED) is 0.756. The van der Waals surface area contributed by atoms with Crippen LogP contribution >= 0.6 is 11.3 Å². The van der Waals surface area contributed by atoms with E-state index in [-0.39, 0.29) is 6.04 Å². The molecule has 86 valence electrons. The molecule has 2 aromatic heterocycles. The van der Waals surface area contributed by atoms with E-state index in [1.165, 1.54) is 17.7 Å². The minimum atomic E-state index is 0.284. The molecule has 0 saturated heterocycles. The zero-order valence-corrected chi connectivity index (χ0v) is 9.68. The molecule has 2 aromatic rings. The summed E-state index contributed by atoms with van der Waals surface area (Å²) < 4.78 is 1.78. The number of nitrogens with zero attached hydrogens (tertiary/aromatic N) is 5. The minimum Gasteiger partial charge on any atom is -0.374 e. The average molecular weight is 239 g/mol. The molecule has 2 heterocycles. The van der Waals surface area contributed by atoms with Crippen molar-refractivity contribution in [1.29, 1.82) is 0 Å². The second kappa shape index (κ2) is 4.99. The third kappa shape index (κ3) is 2.97. The minimum absolute atomic E-state index is 0.284. The summed E-state index contributed by atoms with van der Waals surface area (Å²) in [6.45, 7) is 3.52. The van der Waals surface area contributed by atoms with Gasteiger partial charge in [0.15, 0.2) is 0 Å². The van der Waals surface area contributed by atoms with Gasteiger partial charge in [-0.25, -0.2) is 4.98 Å². The summed E-state index contributed by atoms with van der Waals surface area (Å²) in [5, 5.41) is 16.4. The number of rotatable bonds is 5. The molecule has 0 fully saturated rings. The first-order chi connectivity index (χ1) is 7.74. The van der Waals surface area contributed by atoms with Gasteiger partial charge in [0.25, 0.3) is 0 Å². The fourth-order valence-corrected chi connectivity index (χ4v) is 1.83. The Balaban J connectivity index is 1.77. The molecule has 0 radical (unpaired) electrons. The summed E-state index contributed by atoms with van der Waals surface area (Å²) in [6, 6.07) is 0.284. The van der Waals surface area contributed by atoms with Crippen molar-refractivity contribution in [3.05, 3.63) is 17.7 Å². The fraction of sp³-hybridized carbons (Fsp3) is 0.500. The monoisotopic (exact) mass is 239 g/mol. The first-order valence-electron chi connectivity index (χ1n) is 4.87. The summed E-state index contributed by atoms with van der Waals surface area (Å²) in [5.41, 5.74) is 5.49. The lowest BCUT2D eigenvalue weighted by atomic mass is 10.3. The molecule has 0 bridgehead atoms. The van der Waals surface area contributed by atoms with Gasteiger partial charge in [0.05, 0.1) is 13.1 Å². The highest BCUT2D eigenvalue weighted by Gasteiger charge is 2.05. The van der Waals surface area contributed by atoms with E-state index in [0.29, 0.717) is 11.7 Å². The SMILES string of the molecule is CC(Cn1cncn1)NCc1nnc(N)s1. The molecule has 3 N–H and O–H groups in total. The number of hydrogen-bond donors (Lipinski definition) is 2. The topological polar surface area (TPSA) is 94.5 Å². The Labute approximate surface area is 96.7 Å². The molecule has 0 amide bonds. The Morgan fingerprint density at radius 3 is 3.06 bits per heavy atom. The molecule has 0 saturated carbocycles. The Kier molecular flexibility index (Phi) is 3.42. The van der Waals surface area contributed by atoms with Crippen molar-refractivity contribution in [2.45, 2.75) is 26.1 Å². The number of nitrogens with one attached hydrogen (secondary N) is 1. The van der Waals surface area contributed by atoms with Crippen LogP contribution in [-0.4, -0.2) is 31.0 Å². The molecular weight excluding hydrogens is 226 g/mol. The zero-order chi connectivity index (χ0) is 11.4. The predicted octanol–water partition coefficient (Wildman–Crippen LogP) is -0.110. The third-order valence-corrected chi connectivity index (χ3v) is 2.76. The Bertz CT molecular complexity index is 423. The van der Waals surface area contributed by atoms with Gasteiger partial charge in [-0.15, -0.1) is 10.2 Å². The van der Waals surface area contributed by atoms with Gasteiger partial charge in [0, 0.05) is 6.04 Å². The molecule has 1 unspecified atom stereocenters. The summed E-state index contributed by atoms with van der Waals surface area (Å²) in [6.07, 6.45) is 3.22. The number of anilines is 1. The van der Waals surface area contributed by atoms with Crippen molar-refractivity contribution < 1.29 is 0 Å². The van der Waals surface area contributed by atoms with Crippen LogP contribution in [0.1, 0.15) is 11.9 Å². The van der Waals surface area contributed by atoms with Crippen molar-refractivity contribution in [1.82, 2.24) is 30.3 Å². The van der Waals surface area contributed by atoms with Gasteiger partial charge in [-0.2, -0.15) is 5.10 Å². The van der Waals surface area contributed by atoms with Gasteiger partial charge in [-0.05, 0) is 6.92 Å². The van der Waals surface area contributed by atoms with Crippen LogP contribution in [0.15, 0.2) is 12.7 Å². The maximum atomic E-state index is 5.49. The van der Waals surface area contributed by atoms with Crippen molar-refractivity contribution >= 4 is 16.5 Å². The van der Waals surface area contributed by atoms with Gasteiger partial charge in [0.2, 0.25) is 5.13 Å². The number of nitrogens with two attached hydrogens (primary N) is 1. The van der Waals surface area contributed by atoms with Crippen LogP contribution in [0, 0.1) is 0 Å². The van der Waals surface area contributed by atoms with Crippen LogP contribution in [-0.2, 0) is 13.1 Å². The van der Waals surface area contributed by atoms with Crippen LogP contribution < -0.4 is 11.1 Å². The van der Waals surface area contributed by atoms with Crippen LogP contribution in [0.5, 0.6) is 0 Å². The molecule has 0 aliphatic rings. The van der Waals surface area contributed by atoms with Crippen LogP contribution in [0.4, 0.5) is 5.13 Å². The molecule has 0 aliphatic heterocycles. The molecule has 8 heteroatoms. The molecule has 0 aliphatic carbocycles. The molecular formula is C8H13N7S. The summed E-state index contributed by atoms with van der Waals surface area (Å²) >= 11 is 1.40. The lowest BCUT2D eigenvalue weighted by molar-refractivity contribution is 0.449. The van der Waals surface area contributed by atoms with Gasteiger partial charge < -0.3 is 11.1 Å². The smallest absolute Gasteiger partial charge is 0.203 e. The lowest BCUT2D eigenvalue weighted by Gasteiger charge is -2.11. The van der Waals surface area contributed by atoms with E-state index in [1.807, 2.05) is 0 Å². The molecule has 0 spiro atoms. The first-order valence-corrected chi connectivity index (χ1v) is 5.69. The van der Waals surface area contributed by atoms with Crippen LogP contribution in [0.3, 0.4) is 0 Å². The van der Waals surface area contributed by atoms with Crippen molar-refractivity contribution in [3.8, 4) is 0 Å². The van der Waals surface area contributed by atoms with Crippen molar-refractivity contribution in [2.75, 3.05) is 5.73 Å². The lowest BCUT2D eigenvalue weighted by Crippen LogP contribution is -2.30.